The highest BCUT2D eigenvalue weighted by Crippen LogP contribution is 2.38. The van der Waals surface area contributed by atoms with Crippen LogP contribution in [0.15, 0.2) is 36.4 Å². The number of aromatic hydroxyl groups is 3. The van der Waals surface area contributed by atoms with Gasteiger partial charge in [-0.1, -0.05) is 12.8 Å². The van der Waals surface area contributed by atoms with Gasteiger partial charge in [-0.2, -0.15) is 0 Å². The van der Waals surface area contributed by atoms with E-state index in [9.17, 15) is 39.6 Å². The Labute approximate surface area is 224 Å². The minimum atomic E-state index is -1.10. The van der Waals surface area contributed by atoms with E-state index in [0.29, 0.717) is 57.2 Å². The number of carbonyl (C=O) groups is 4. The lowest BCUT2D eigenvalue weighted by Gasteiger charge is -2.28. The van der Waals surface area contributed by atoms with Crippen LogP contribution < -0.4 is 10.6 Å². The third-order valence-corrected chi connectivity index (χ3v) is 7.36. The Morgan fingerprint density at radius 1 is 0.846 bits per heavy atom. The van der Waals surface area contributed by atoms with Gasteiger partial charge in [-0.05, 0) is 68.6 Å². The number of carbonyl (C=O) groups excluding carboxylic acids is 3. The summed E-state index contributed by atoms with van der Waals surface area (Å²) >= 11 is 0. The molecule has 11 nitrogen and oxygen atoms in total. The zero-order valence-corrected chi connectivity index (χ0v) is 21.3. The molecule has 2 unspecified atom stereocenters. The molecule has 2 aliphatic rings. The molecule has 39 heavy (non-hydrogen) atoms. The predicted molar refractivity (Wildman–Crippen MR) is 138 cm³/mol. The molecule has 1 heterocycles. The van der Waals surface area contributed by atoms with E-state index in [0.717, 1.165) is 12.1 Å². The van der Waals surface area contributed by atoms with Crippen LogP contribution in [0.2, 0.25) is 0 Å². The summed E-state index contributed by atoms with van der Waals surface area (Å²) in [5, 5.41) is 46.2. The Morgan fingerprint density at radius 3 is 2.13 bits per heavy atom. The van der Waals surface area contributed by atoms with Crippen molar-refractivity contribution in [3.8, 4) is 17.2 Å². The number of carboxylic acids is 1. The normalized spacial score (nSPS) is 23.3. The summed E-state index contributed by atoms with van der Waals surface area (Å²) in [6.45, 7) is 0.981. The summed E-state index contributed by atoms with van der Waals surface area (Å²) in [5.41, 5.74) is -0.288. The van der Waals surface area contributed by atoms with Crippen molar-refractivity contribution in [2.24, 2.45) is 11.8 Å². The van der Waals surface area contributed by atoms with Crippen molar-refractivity contribution in [1.82, 2.24) is 10.6 Å². The Hall–Kier alpha value is -4.12. The molecule has 1 saturated carbocycles. The maximum Gasteiger partial charge on any atom is 0.338 e. The summed E-state index contributed by atoms with van der Waals surface area (Å²) in [4.78, 5) is 50.5. The van der Waals surface area contributed by atoms with Gasteiger partial charge in [0.1, 0.15) is 28.9 Å². The summed E-state index contributed by atoms with van der Waals surface area (Å²) in [6.07, 6.45) is 2.37. The number of carboxylic acid groups (broad SMARTS) is 1. The summed E-state index contributed by atoms with van der Waals surface area (Å²) in [5.74, 6) is -6.10. The van der Waals surface area contributed by atoms with E-state index in [-0.39, 0.29) is 11.3 Å². The maximum atomic E-state index is 13.1. The van der Waals surface area contributed by atoms with Gasteiger partial charge in [-0.15, -0.1) is 0 Å². The average molecular weight is 541 g/mol. The van der Waals surface area contributed by atoms with Gasteiger partial charge in [0.25, 0.3) is 5.91 Å². The van der Waals surface area contributed by atoms with E-state index in [1.54, 1.807) is 0 Å². The van der Waals surface area contributed by atoms with Gasteiger partial charge in [0.05, 0.1) is 17.5 Å². The molecular weight excluding hydrogens is 508 g/mol. The van der Waals surface area contributed by atoms with E-state index in [1.807, 2.05) is 0 Å². The standard InChI is InChI=1S/C28H32N2O9/c31-17-9-7-15(8-10-17)26(35)30-20-14-29-11-3-6-23(20)39-28(38)16-12-21(32)24(22(33)13-16)25(34)18-4-1-2-5-19(18)27(36)37/h7-10,12-13,18-20,23,29,31-33H,1-6,11,14H2,(H,30,35)(H,36,37)/t18?,19-,20?,23+/m0/s1. The van der Waals surface area contributed by atoms with E-state index in [2.05, 4.69) is 10.6 Å². The number of benzene rings is 2. The largest absolute Gasteiger partial charge is 0.508 e. The molecule has 4 rings (SSSR count). The number of phenols is 3. The second kappa shape index (κ2) is 12.2. The third kappa shape index (κ3) is 6.48. The lowest BCUT2D eigenvalue weighted by molar-refractivity contribution is -0.144. The molecule has 0 spiro atoms. The molecule has 1 amide bonds. The smallest absolute Gasteiger partial charge is 0.338 e. The molecule has 4 atom stereocenters. The zero-order chi connectivity index (χ0) is 28.1. The molecule has 0 aromatic heterocycles. The molecule has 6 N–H and O–H groups in total. The first-order valence-corrected chi connectivity index (χ1v) is 13.0. The van der Waals surface area contributed by atoms with E-state index < -0.39 is 64.7 Å². The Kier molecular flexibility index (Phi) is 8.70. The van der Waals surface area contributed by atoms with Crippen molar-refractivity contribution in [1.29, 1.82) is 0 Å². The second-order valence-corrected chi connectivity index (χ2v) is 10.0. The van der Waals surface area contributed by atoms with Gasteiger partial charge in [0.2, 0.25) is 0 Å². The molecule has 208 valence electrons. The first-order valence-electron chi connectivity index (χ1n) is 13.0. The number of amides is 1. The van der Waals surface area contributed by atoms with Gasteiger partial charge < -0.3 is 35.8 Å². The lowest BCUT2D eigenvalue weighted by atomic mass is 9.75. The third-order valence-electron chi connectivity index (χ3n) is 7.36. The van der Waals surface area contributed by atoms with Crippen molar-refractivity contribution in [2.75, 3.05) is 13.1 Å². The molecule has 1 aliphatic carbocycles. The summed E-state index contributed by atoms with van der Waals surface area (Å²) < 4.78 is 5.68. The van der Waals surface area contributed by atoms with Gasteiger partial charge >= 0.3 is 11.9 Å². The van der Waals surface area contributed by atoms with Crippen LogP contribution in [0.3, 0.4) is 0 Å². The average Bonchev–Trinajstić information content (AvgIpc) is 3.13. The molecule has 2 aromatic rings. The first-order chi connectivity index (χ1) is 18.7. The monoisotopic (exact) mass is 540 g/mol. The van der Waals surface area contributed by atoms with Crippen molar-refractivity contribution in [2.45, 2.75) is 50.7 Å². The van der Waals surface area contributed by atoms with Crippen molar-refractivity contribution < 1.29 is 44.3 Å². The van der Waals surface area contributed by atoms with Gasteiger partial charge in [0.15, 0.2) is 5.78 Å². The molecule has 0 bridgehead atoms. The predicted octanol–water partition coefficient (Wildman–Crippen LogP) is 2.58. The van der Waals surface area contributed by atoms with Crippen LogP contribution in [0.5, 0.6) is 17.2 Å². The Bertz CT molecular complexity index is 1220. The van der Waals surface area contributed by atoms with Crippen LogP contribution in [0.25, 0.3) is 0 Å². The number of aliphatic carboxylic acids is 1. The van der Waals surface area contributed by atoms with Gasteiger partial charge in [-0.3, -0.25) is 14.4 Å². The molecule has 2 aromatic carbocycles. The topological polar surface area (TPSA) is 182 Å². The van der Waals surface area contributed by atoms with Crippen LogP contribution in [0.1, 0.15) is 69.6 Å². The molecule has 2 fully saturated rings. The van der Waals surface area contributed by atoms with Crippen molar-refractivity contribution in [3.63, 3.8) is 0 Å². The minimum absolute atomic E-state index is 0.0224. The molecule has 11 heteroatoms. The summed E-state index contributed by atoms with van der Waals surface area (Å²) in [7, 11) is 0. The summed E-state index contributed by atoms with van der Waals surface area (Å²) in [6, 6.07) is 7.18. The molecule has 0 radical (unpaired) electrons. The number of Topliss-reactive ketones (excluding diaryl/α,β-unsaturated/α-hetero) is 1. The van der Waals surface area contributed by atoms with Crippen molar-refractivity contribution in [3.05, 3.63) is 53.1 Å². The number of ether oxygens (including phenoxy) is 1. The number of esters is 1. The Balaban J connectivity index is 1.49. The van der Waals surface area contributed by atoms with E-state index in [1.165, 1.54) is 24.3 Å². The number of hydrogen-bond acceptors (Lipinski definition) is 9. The van der Waals surface area contributed by atoms with E-state index >= 15 is 0 Å². The van der Waals surface area contributed by atoms with Gasteiger partial charge in [-0.25, -0.2) is 4.79 Å². The molecular formula is C28H32N2O9. The minimum Gasteiger partial charge on any atom is -0.508 e. The van der Waals surface area contributed by atoms with Gasteiger partial charge in [0, 0.05) is 18.0 Å². The fourth-order valence-electron chi connectivity index (χ4n) is 5.28. The van der Waals surface area contributed by atoms with Crippen LogP contribution in [-0.2, 0) is 9.53 Å². The van der Waals surface area contributed by atoms with Crippen LogP contribution >= 0.6 is 0 Å². The zero-order valence-electron chi connectivity index (χ0n) is 21.3. The number of ketones is 1. The fourth-order valence-corrected chi connectivity index (χ4v) is 5.28. The molecule has 1 aliphatic heterocycles. The Morgan fingerprint density at radius 2 is 1.49 bits per heavy atom. The van der Waals surface area contributed by atoms with Crippen LogP contribution in [0, 0.1) is 11.8 Å². The SMILES string of the molecule is O=C(NC1CNCCC[C@H]1OC(=O)c1cc(O)c(C(=O)C2CCCC[C@@H]2C(=O)O)c(O)c1)c1ccc(O)cc1. The number of phenolic OH excluding ortho intramolecular Hbond substituents is 3. The highest BCUT2D eigenvalue weighted by Gasteiger charge is 2.38. The maximum absolute atomic E-state index is 13.1. The quantitative estimate of drug-likeness (QED) is 0.225. The van der Waals surface area contributed by atoms with Crippen molar-refractivity contribution >= 4 is 23.6 Å². The number of rotatable bonds is 7. The number of nitrogens with one attached hydrogen (secondary N) is 2. The van der Waals surface area contributed by atoms with Crippen LogP contribution in [-0.4, -0.2) is 69.3 Å². The highest BCUT2D eigenvalue weighted by atomic mass is 16.5. The van der Waals surface area contributed by atoms with E-state index in [4.69, 9.17) is 4.74 Å². The number of hydrogen-bond donors (Lipinski definition) is 6. The highest BCUT2D eigenvalue weighted by molar-refractivity contribution is 6.05. The fraction of sp³-hybridized carbons (Fsp3) is 0.429. The molecule has 1 saturated heterocycles. The first kappa shape index (κ1) is 27.9. The second-order valence-electron chi connectivity index (χ2n) is 10.0. The van der Waals surface area contributed by atoms with Crippen LogP contribution in [0.4, 0.5) is 0 Å². The lowest BCUT2D eigenvalue weighted by Crippen LogP contribution is -2.49.